The molecular formula is C15H21N5. The number of pyridine rings is 1. The summed E-state index contributed by atoms with van der Waals surface area (Å²) >= 11 is 0. The Balaban J connectivity index is 1.70. The second kappa shape index (κ2) is 5.63. The summed E-state index contributed by atoms with van der Waals surface area (Å²) in [6.45, 7) is 1.71. The highest BCUT2D eigenvalue weighted by Gasteiger charge is 2.21. The molecule has 3 rings (SSSR count). The lowest BCUT2D eigenvalue weighted by atomic mass is 10.2. The number of nitrogens with zero attached hydrogens (tertiary/aromatic N) is 4. The van der Waals surface area contributed by atoms with E-state index in [1.54, 1.807) is 0 Å². The van der Waals surface area contributed by atoms with Gasteiger partial charge >= 0.3 is 0 Å². The van der Waals surface area contributed by atoms with Gasteiger partial charge in [0.15, 0.2) is 0 Å². The SMILES string of the molecule is CN(Cc1cnn(C)c1)c1ncccc1CNC1CC1. The molecule has 1 saturated carbocycles. The van der Waals surface area contributed by atoms with E-state index in [-0.39, 0.29) is 0 Å². The van der Waals surface area contributed by atoms with Gasteiger partial charge in [0.25, 0.3) is 0 Å². The Labute approximate surface area is 119 Å². The van der Waals surface area contributed by atoms with Crippen LogP contribution in [0.4, 0.5) is 5.82 Å². The van der Waals surface area contributed by atoms with E-state index < -0.39 is 0 Å². The molecule has 1 aliphatic rings. The highest BCUT2D eigenvalue weighted by Crippen LogP contribution is 2.22. The van der Waals surface area contributed by atoms with Gasteiger partial charge in [0.05, 0.1) is 6.20 Å². The smallest absolute Gasteiger partial charge is 0.133 e. The molecule has 0 unspecified atom stereocenters. The minimum Gasteiger partial charge on any atom is -0.355 e. The zero-order chi connectivity index (χ0) is 13.9. The molecule has 2 aromatic heterocycles. The molecule has 5 nitrogen and oxygen atoms in total. The van der Waals surface area contributed by atoms with Gasteiger partial charge in [-0.3, -0.25) is 4.68 Å². The van der Waals surface area contributed by atoms with Crippen LogP contribution >= 0.6 is 0 Å². The maximum atomic E-state index is 4.54. The van der Waals surface area contributed by atoms with Crippen LogP contribution in [0.5, 0.6) is 0 Å². The van der Waals surface area contributed by atoms with E-state index in [1.807, 2.05) is 36.4 Å². The normalized spacial score (nSPS) is 14.5. The van der Waals surface area contributed by atoms with E-state index in [9.17, 15) is 0 Å². The van der Waals surface area contributed by atoms with Crippen molar-refractivity contribution in [3.05, 3.63) is 41.9 Å². The van der Waals surface area contributed by atoms with Crippen molar-refractivity contribution in [1.29, 1.82) is 0 Å². The van der Waals surface area contributed by atoms with Gasteiger partial charge in [0.2, 0.25) is 0 Å². The molecule has 2 heterocycles. The highest BCUT2D eigenvalue weighted by molar-refractivity contribution is 5.46. The molecular weight excluding hydrogens is 250 g/mol. The minimum atomic E-state index is 0.715. The van der Waals surface area contributed by atoms with Gasteiger partial charge in [-0.1, -0.05) is 6.07 Å². The standard InChI is InChI=1S/C15H21N5/c1-19(10-12-8-18-20(2)11-12)15-13(4-3-7-16-15)9-17-14-5-6-14/h3-4,7-8,11,14,17H,5-6,9-10H2,1-2H3. The Bertz CT molecular complexity index is 573. The molecule has 0 aromatic carbocycles. The molecule has 0 spiro atoms. The maximum Gasteiger partial charge on any atom is 0.133 e. The van der Waals surface area contributed by atoms with Crippen LogP contribution in [0, 0.1) is 0 Å². The number of hydrogen-bond donors (Lipinski definition) is 1. The number of hydrogen-bond acceptors (Lipinski definition) is 4. The first-order valence-electron chi connectivity index (χ1n) is 7.08. The third-order valence-electron chi connectivity index (χ3n) is 3.57. The number of aryl methyl sites for hydroxylation is 1. The molecule has 106 valence electrons. The monoisotopic (exact) mass is 271 g/mol. The first-order chi connectivity index (χ1) is 9.72. The predicted octanol–water partition coefficient (Wildman–Crippen LogP) is 1.70. The molecule has 1 fully saturated rings. The second-order valence-electron chi connectivity index (χ2n) is 5.52. The average molecular weight is 271 g/mol. The van der Waals surface area contributed by atoms with E-state index in [2.05, 4.69) is 33.4 Å². The number of anilines is 1. The van der Waals surface area contributed by atoms with Gasteiger partial charge in [-0.25, -0.2) is 4.98 Å². The van der Waals surface area contributed by atoms with Crippen LogP contribution in [0.2, 0.25) is 0 Å². The van der Waals surface area contributed by atoms with Crippen LogP contribution < -0.4 is 10.2 Å². The van der Waals surface area contributed by atoms with Crippen LogP contribution in [-0.2, 0) is 20.1 Å². The van der Waals surface area contributed by atoms with Crippen molar-refractivity contribution >= 4 is 5.82 Å². The molecule has 1 aliphatic carbocycles. The third kappa shape index (κ3) is 3.17. The predicted molar refractivity (Wildman–Crippen MR) is 79.4 cm³/mol. The van der Waals surface area contributed by atoms with E-state index in [0.29, 0.717) is 6.04 Å². The van der Waals surface area contributed by atoms with Crippen LogP contribution in [0.3, 0.4) is 0 Å². The van der Waals surface area contributed by atoms with Crippen molar-refractivity contribution in [1.82, 2.24) is 20.1 Å². The summed E-state index contributed by atoms with van der Waals surface area (Å²) in [6, 6.07) is 4.87. The van der Waals surface area contributed by atoms with Gasteiger partial charge in [-0.2, -0.15) is 5.10 Å². The minimum absolute atomic E-state index is 0.715. The van der Waals surface area contributed by atoms with Crippen LogP contribution in [0.15, 0.2) is 30.7 Å². The molecule has 0 aliphatic heterocycles. The molecule has 20 heavy (non-hydrogen) atoms. The maximum absolute atomic E-state index is 4.54. The van der Waals surface area contributed by atoms with E-state index in [4.69, 9.17) is 0 Å². The molecule has 0 amide bonds. The van der Waals surface area contributed by atoms with Crippen molar-refractivity contribution in [2.45, 2.75) is 32.0 Å². The lowest BCUT2D eigenvalue weighted by Gasteiger charge is -2.20. The van der Waals surface area contributed by atoms with Gasteiger partial charge in [-0.05, 0) is 18.9 Å². The van der Waals surface area contributed by atoms with Crippen molar-refractivity contribution in [2.24, 2.45) is 7.05 Å². The Morgan fingerprint density at radius 2 is 2.30 bits per heavy atom. The Morgan fingerprint density at radius 1 is 1.45 bits per heavy atom. The summed E-state index contributed by atoms with van der Waals surface area (Å²) in [4.78, 5) is 6.72. The molecule has 0 bridgehead atoms. The first kappa shape index (κ1) is 13.1. The zero-order valence-corrected chi connectivity index (χ0v) is 12.1. The molecule has 0 radical (unpaired) electrons. The Hall–Kier alpha value is -1.88. The lowest BCUT2D eigenvalue weighted by Crippen LogP contribution is -2.22. The first-order valence-corrected chi connectivity index (χ1v) is 7.08. The van der Waals surface area contributed by atoms with Crippen molar-refractivity contribution in [2.75, 3.05) is 11.9 Å². The van der Waals surface area contributed by atoms with Crippen LogP contribution in [0.1, 0.15) is 24.0 Å². The van der Waals surface area contributed by atoms with Crippen molar-refractivity contribution in [3.63, 3.8) is 0 Å². The topological polar surface area (TPSA) is 46.0 Å². The summed E-state index contributed by atoms with van der Waals surface area (Å²) < 4.78 is 1.83. The average Bonchev–Trinajstić information content (AvgIpc) is 3.19. The zero-order valence-electron chi connectivity index (χ0n) is 12.1. The fourth-order valence-corrected chi connectivity index (χ4v) is 2.36. The number of aromatic nitrogens is 3. The number of rotatable bonds is 6. The fraction of sp³-hybridized carbons (Fsp3) is 0.467. The molecule has 2 aromatic rings. The molecule has 5 heteroatoms. The summed E-state index contributed by atoms with van der Waals surface area (Å²) in [5.41, 5.74) is 2.45. The van der Waals surface area contributed by atoms with E-state index in [1.165, 1.54) is 24.0 Å². The van der Waals surface area contributed by atoms with E-state index >= 15 is 0 Å². The highest BCUT2D eigenvalue weighted by atomic mass is 15.2. The third-order valence-corrected chi connectivity index (χ3v) is 3.57. The number of nitrogens with one attached hydrogen (secondary N) is 1. The molecule has 0 saturated heterocycles. The van der Waals surface area contributed by atoms with Crippen LogP contribution in [0.25, 0.3) is 0 Å². The summed E-state index contributed by atoms with van der Waals surface area (Å²) in [6.07, 6.45) is 8.42. The van der Waals surface area contributed by atoms with Gasteiger partial charge in [0.1, 0.15) is 5.82 Å². The van der Waals surface area contributed by atoms with E-state index in [0.717, 1.165) is 18.9 Å². The summed E-state index contributed by atoms with van der Waals surface area (Å²) in [5.74, 6) is 1.05. The lowest BCUT2D eigenvalue weighted by molar-refractivity contribution is 0.682. The van der Waals surface area contributed by atoms with Crippen LogP contribution in [-0.4, -0.2) is 27.9 Å². The van der Waals surface area contributed by atoms with Gasteiger partial charge in [0, 0.05) is 56.7 Å². The summed E-state index contributed by atoms with van der Waals surface area (Å²) in [7, 11) is 4.02. The van der Waals surface area contributed by atoms with Gasteiger partial charge < -0.3 is 10.2 Å². The van der Waals surface area contributed by atoms with Crippen molar-refractivity contribution in [3.8, 4) is 0 Å². The quantitative estimate of drug-likeness (QED) is 0.868. The van der Waals surface area contributed by atoms with Gasteiger partial charge in [-0.15, -0.1) is 0 Å². The van der Waals surface area contributed by atoms with Crippen molar-refractivity contribution < 1.29 is 0 Å². The second-order valence-corrected chi connectivity index (χ2v) is 5.52. The Kier molecular flexibility index (Phi) is 3.69. The molecule has 1 N–H and O–H groups in total. The fourth-order valence-electron chi connectivity index (χ4n) is 2.36. The Morgan fingerprint density at radius 3 is 3.00 bits per heavy atom. The molecule has 0 atom stereocenters. The summed E-state index contributed by atoms with van der Waals surface area (Å²) in [5, 5.41) is 7.76. The largest absolute Gasteiger partial charge is 0.355 e.